The summed E-state index contributed by atoms with van der Waals surface area (Å²) in [7, 11) is 0. The van der Waals surface area contributed by atoms with Gasteiger partial charge in [-0.2, -0.15) is 0 Å². The van der Waals surface area contributed by atoms with E-state index in [1.165, 1.54) is 18.2 Å². The standard InChI is InChI=1S/C27H26F3N3O3/c28-27(29,30)36-22-3-1-2-21(14-22)18-4-6-19(7-5-18)23-31-26(11-12-26)25(35)33(23)16-17-10-13-32(15-17)24(34)20-8-9-20/h1-7,14,17,20H,8-13,15-16H2/t17-/m1/s1. The van der Waals surface area contributed by atoms with Crippen LogP contribution in [0.15, 0.2) is 53.5 Å². The molecule has 1 saturated heterocycles. The molecule has 6 nitrogen and oxygen atoms in total. The van der Waals surface area contributed by atoms with E-state index >= 15 is 0 Å². The Bertz CT molecular complexity index is 1230. The molecule has 2 saturated carbocycles. The number of aliphatic imine (C=N–C) groups is 1. The molecule has 2 aromatic rings. The minimum Gasteiger partial charge on any atom is -0.406 e. The number of hydrogen-bond donors (Lipinski definition) is 0. The number of carbonyl (C=O) groups is 2. The van der Waals surface area contributed by atoms with Crippen LogP contribution in [0.5, 0.6) is 5.75 Å². The van der Waals surface area contributed by atoms with E-state index in [4.69, 9.17) is 4.99 Å². The van der Waals surface area contributed by atoms with E-state index < -0.39 is 11.9 Å². The summed E-state index contributed by atoms with van der Waals surface area (Å²) in [5, 5.41) is 0. The van der Waals surface area contributed by atoms with Crippen LogP contribution in [-0.4, -0.2) is 59.0 Å². The van der Waals surface area contributed by atoms with Crippen molar-refractivity contribution in [3.63, 3.8) is 0 Å². The summed E-state index contributed by atoms with van der Waals surface area (Å²) in [6, 6.07) is 13.2. The third-order valence-corrected chi connectivity index (χ3v) is 7.45. The van der Waals surface area contributed by atoms with Crippen molar-refractivity contribution in [3.8, 4) is 16.9 Å². The summed E-state index contributed by atoms with van der Waals surface area (Å²) in [4.78, 5) is 34.3. The minimum absolute atomic E-state index is 0.0329. The summed E-state index contributed by atoms with van der Waals surface area (Å²) in [6.45, 7) is 1.95. The van der Waals surface area contributed by atoms with E-state index in [1.807, 2.05) is 29.2 Å². The number of halogens is 3. The van der Waals surface area contributed by atoms with Crippen molar-refractivity contribution in [2.24, 2.45) is 16.8 Å². The van der Waals surface area contributed by atoms with E-state index in [9.17, 15) is 22.8 Å². The van der Waals surface area contributed by atoms with Crippen molar-refractivity contribution < 1.29 is 27.5 Å². The zero-order valence-electron chi connectivity index (χ0n) is 19.6. The van der Waals surface area contributed by atoms with Gasteiger partial charge in [0.15, 0.2) is 0 Å². The van der Waals surface area contributed by atoms with Gasteiger partial charge in [-0.15, -0.1) is 13.2 Å². The second kappa shape index (κ2) is 8.35. The van der Waals surface area contributed by atoms with Gasteiger partial charge in [0.2, 0.25) is 5.91 Å². The Balaban J connectivity index is 1.19. The van der Waals surface area contributed by atoms with Gasteiger partial charge in [-0.3, -0.25) is 19.5 Å². The average molecular weight is 498 g/mol. The fourth-order valence-corrected chi connectivity index (χ4v) is 5.21. The molecule has 0 unspecified atom stereocenters. The number of nitrogens with zero attached hydrogens (tertiary/aromatic N) is 3. The van der Waals surface area contributed by atoms with Crippen LogP contribution in [0.1, 0.15) is 37.7 Å². The van der Waals surface area contributed by atoms with Gasteiger partial charge < -0.3 is 9.64 Å². The first-order valence-corrected chi connectivity index (χ1v) is 12.4. The smallest absolute Gasteiger partial charge is 0.406 e. The van der Waals surface area contributed by atoms with Gasteiger partial charge in [0.1, 0.15) is 17.1 Å². The van der Waals surface area contributed by atoms with Crippen LogP contribution >= 0.6 is 0 Å². The molecule has 6 rings (SSSR count). The predicted octanol–water partition coefficient (Wildman–Crippen LogP) is 4.63. The predicted molar refractivity (Wildman–Crippen MR) is 126 cm³/mol. The van der Waals surface area contributed by atoms with Crippen molar-refractivity contribution in [1.29, 1.82) is 0 Å². The number of alkyl halides is 3. The van der Waals surface area contributed by atoms with Crippen molar-refractivity contribution in [1.82, 2.24) is 9.80 Å². The lowest BCUT2D eigenvalue weighted by Crippen LogP contribution is -2.40. The fourth-order valence-electron chi connectivity index (χ4n) is 5.21. The van der Waals surface area contributed by atoms with Crippen molar-refractivity contribution in [3.05, 3.63) is 54.1 Å². The maximum atomic E-state index is 13.3. The first-order valence-electron chi connectivity index (χ1n) is 12.4. The molecular weight excluding hydrogens is 471 g/mol. The molecule has 36 heavy (non-hydrogen) atoms. The Morgan fingerprint density at radius 1 is 1.03 bits per heavy atom. The first-order chi connectivity index (χ1) is 17.2. The van der Waals surface area contributed by atoms with Crippen LogP contribution in [-0.2, 0) is 9.59 Å². The van der Waals surface area contributed by atoms with E-state index in [2.05, 4.69) is 4.74 Å². The number of benzene rings is 2. The molecule has 1 spiro atoms. The number of carbonyl (C=O) groups excluding carboxylic acids is 2. The molecule has 188 valence electrons. The molecule has 2 amide bonds. The Morgan fingerprint density at radius 2 is 1.75 bits per heavy atom. The van der Waals surface area contributed by atoms with E-state index in [0.29, 0.717) is 24.5 Å². The monoisotopic (exact) mass is 497 g/mol. The molecule has 1 atom stereocenters. The van der Waals surface area contributed by atoms with Gasteiger partial charge in [0.25, 0.3) is 5.91 Å². The van der Waals surface area contributed by atoms with Crippen LogP contribution in [0.3, 0.4) is 0 Å². The number of rotatable bonds is 6. The van der Waals surface area contributed by atoms with E-state index in [0.717, 1.165) is 49.8 Å². The highest BCUT2D eigenvalue weighted by Crippen LogP contribution is 2.46. The van der Waals surface area contributed by atoms with Gasteiger partial charge in [-0.05, 0) is 61.3 Å². The zero-order valence-corrected chi connectivity index (χ0v) is 19.6. The van der Waals surface area contributed by atoms with E-state index in [-0.39, 0.29) is 29.4 Å². The van der Waals surface area contributed by atoms with E-state index in [1.54, 1.807) is 11.0 Å². The van der Waals surface area contributed by atoms with Crippen molar-refractivity contribution in [2.45, 2.75) is 44.0 Å². The Hall–Kier alpha value is -3.36. The van der Waals surface area contributed by atoms with Gasteiger partial charge in [-0.1, -0.05) is 36.4 Å². The summed E-state index contributed by atoms with van der Waals surface area (Å²) >= 11 is 0. The molecule has 0 bridgehead atoms. The van der Waals surface area contributed by atoms with Crippen LogP contribution in [0.4, 0.5) is 13.2 Å². The summed E-state index contributed by atoms with van der Waals surface area (Å²) < 4.78 is 41.8. The molecular formula is C27H26F3N3O3. The third kappa shape index (κ3) is 4.47. The second-order valence-electron chi connectivity index (χ2n) is 10.2. The third-order valence-electron chi connectivity index (χ3n) is 7.45. The highest BCUT2D eigenvalue weighted by Gasteiger charge is 2.57. The largest absolute Gasteiger partial charge is 0.573 e. The highest BCUT2D eigenvalue weighted by molar-refractivity contribution is 6.16. The molecule has 0 N–H and O–H groups in total. The average Bonchev–Trinajstić information content (AvgIpc) is 3.77. The van der Waals surface area contributed by atoms with Crippen LogP contribution < -0.4 is 4.74 Å². The number of hydrogen-bond acceptors (Lipinski definition) is 4. The lowest BCUT2D eigenvalue weighted by molar-refractivity contribution is -0.274. The Kier molecular flexibility index (Phi) is 5.35. The quantitative estimate of drug-likeness (QED) is 0.585. The SMILES string of the molecule is O=C(C1CC1)N1CC[C@@H](CN2C(=O)C3(CC3)N=C2c2ccc(-c3cccc(OC(F)(F)F)c3)cc2)C1. The van der Waals surface area contributed by atoms with Gasteiger partial charge in [0.05, 0.1) is 0 Å². The van der Waals surface area contributed by atoms with Crippen LogP contribution in [0.25, 0.3) is 11.1 Å². The number of amidine groups is 1. The second-order valence-corrected chi connectivity index (χ2v) is 10.2. The fraction of sp³-hybridized carbons (Fsp3) is 0.444. The maximum Gasteiger partial charge on any atom is 0.573 e. The number of ether oxygens (including phenoxy) is 1. The zero-order chi connectivity index (χ0) is 25.1. The first kappa shape index (κ1) is 23.1. The molecule has 2 aliphatic carbocycles. The maximum absolute atomic E-state index is 13.3. The van der Waals surface area contributed by atoms with Gasteiger partial charge in [0, 0.05) is 31.1 Å². The number of amides is 2. The molecule has 2 aromatic carbocycles. The molecule has 2 heterocycles. The Morgan fingerprint density at radius 3 is 2.42 bits per heavy atom. The van der Waals surface area contributed by atoms with Gasteiger partial charge >= 0.3 is 6.36 Å². The highest BCUT2D eigenvalue weighted by atomic mass is 19.4. The Labute approximate surface area is 206 Å². The molecule has 2 aliphatic heterocycles. The summed E-state index contributed by atoms with van der Waals surface area (Å²) in [6.07, 6.45) is -0.421. The number of likely N-dealkylation sites (tertiary alicyclic amines) is 1. The molecule has 0 radical (unpaired) electrons. The van der Waals surface area contributed by atoms with Crippen LogP contribution in [0.2, 0.25) is 0 Å². The molecule has 4 aliphatic rings. The summed E-state index contributed by atoms with van der Waals surface area (Å²) in [5.41, 5.74) is 1.48. The molecule has 0 aromatic heterocycles. The molecule has 9 heteroatoms. The van der Waals surface area contributed by atoms with Gasteiger partial charge in [-0.25, -0.2) is 0 Å². The van der Waals surface area contributed by atoms with Crippen molar-refractivity contribution >= 4 is 17.6 Å². The lowest BCUT2D eigenvalue weighted by Gasteiger charge is -2.23. The lowest BCUT2D eigenvalue weighted by atomic mass is 10.0. The van der Waals surface area contributed by atoms with Crippen LogP contribution in [0, 0.1) is 11.8 Å². The minimum atomic E-state index is -4.75. The van der Waals surface area contributed by atoms with Crippen molar-refractivity contribution in [2.75, 3.05) is 19.6 Å². The normalized spacial score (nSPS) is 22.8. The topological polar surface area (TPSA) is 62.2 Å². The summed E-state index contributed by atoms with van der Waals surface area (Å²) in [5.74, 6) is 1.06. The molecule has 3 fully saturated rings.